The first-order valence-corrected chi connectivity index (χ1v) is 7.95. The van der Waals surface area contributed by atoms with Crippen molar-refractivity contribution in [3.63, 3.8) is 0 Å². The summed E-state index contributed by atoms with van der Waals surface area (Å²) in [5.41, 5.74) is 7.93. The number of hydrogen-bond acceptors (Lipinski definition) is 2. The summed E-state index contributed by atoms with van der Waals surface area (Å²) < 4.78 is 0.828. The molecule has 108 valence electrons. The van der Waals surface area contributed by atoms with Gasteiger partial charge in [-0.05, 0) is 36.8 Å². The number of benzene rings is 2. The summed E-state index contributed by atoms with van der Waals surface area (Å²) in [6.45, 7) is 1.91. The number of hydrazine groups is 1. The maximum atomic E-state index is 12.0. The van der Waals surface area contributed by atoms with Crippen molar-refractivity contribution in [1.82, 2.24) is 10.9 Å². The molecule has 0 aliphatic carbocycles. The molecule has 2 N–H and O–H groups in total. The molecule has 0 heterocycles. The fourth-order valence-electron chi connectivity index (χ4n) is 1.84. The van der Waals surface area contributed by atoms with Crippen molar-refractivity contribution in [2.24, 2.45) is 0 Å². The van der Waals surface area contributed by atoms with Crippen LogP contribution < -0.4 is 10.9 Å². The average molecular weight is 394 g/mol. The summed E-state index contributed by atoms with van der Waals surface area (Å²) in [6, 6.07) is 14.5. The van der Waals surface area contributed by atoms with Gasteiger partial charge in [-0.2, -0.15) is 0 Å². The summed E-state index contributed by atoms with van der Waals surface area (Å²) in [7, 11) is 0. The van der Waals surface area contributed by atoms with E-state index in [4.69, 9.17) is 0 Å². The highest BCUT2D eigenvalue weighted by molar-refractivity contribution is 14.1. The number of hydrogen-bond donors (Lipinski definition) is 2. The van der Waals surface area contributed by atoms with Gasteiger partial charge in [-0.3, -0.25) is 20.4 Å². The van der Waals surface area contributed by atoms with Crippen molar-refractivity contribution < 1.29 is 9.59 Å². The van der Waals surface area contributed by atoms with Crippen LogP contribution in [0.3, 0.4) is 0 Å². The third-order valence-electron chi connectivity index (χ3n) is 2.91. The van der Waals surface area contributed by atoms with Crippen LogP contribution in [0.1, 0.15) is 31.8 Å². The summed E-state index contributed by atoms with van der Waals surface area (Å²) in [6.07, 6.45) is 0. The third kappa shape index (κ3) is 4.29. The monoisotopic (exact) mass is 394 g/mol. The Kier molecular flexibility index (Phi) is 5.32. The van der Waals surface area contributed by atoms with Crippen LogP contribution in [-0.4, -0.2) is 11.8 Å². The molecule has 2 aromatic carbocycles. The number of halogens is 1. The zero-order chi connectivity index (χ0) is 15.2. The van der Waals surface area contributed by atoms with E-state index in [1.54, 1.807) is 30.3 Å². The number of rotatable bonds is 3. The Morgan fingerprint density at radius 1 is 0.952 bits per heavy atom. The highest BCUT2D eigenvalue weighted by Gasteiger charge is 2.09. The van der Waals surface area contributed by atoms with Crippen LogP contribution in [0.5, 0.6) is 0 Å². The van der Waals surface area contributed by atoms with Gasteiger partial charge in [0.05, 0.1) is 0 Å². The lowest BCUT2D eigenvalue weighted by Crippen LogP contribution is -2.41. The molecule has 4 nitrogen and oxygen atoms in total. The van der Waals surface area contributed by atoms with Gasteiger partial charge in [0, 0.05) is 15.6 Å². The van der Waals surface area contributed by atoms with Gasteiger partial charge in [0.1, 0.15) is 0 Å². The van der Waals surface area contributed by atoms with Crippen LogP contribution in [0.4, 0.5) is 0 Å². The maximum absolute atomic E-state index is 12.0. The summed E-state index contributed by atoms with van der Waals surface area (Å²) in [5, 5.41) is 0. The van der Waals surface area contributed by atoms with Gasteiger partial charge in [-0.15, -0.1) is 0 Å². The summed E-state index contributed by atoms with van der Waals surface area (Å²) in [5.74, 6) is -0.667. The Balaban J connectivity index is 1.99. The standard InChI is InChI=1S/C16H15IN2O2/c1-11-4-2-6-13(8-11)15(20)18-19-16(21)14-7-3-5-12(9-14)10-17/h2-9H,10H2,1H3,(H,18,20)(H,19,21). The predicted octanol–water partition coefficient (Wildman–Crippen LogP) is 3.00. The smallest absolute Gasteiger partial charge is 0.267 e. The Morgan fingerprint density at radius 3 is 2.10 bits per heavy atom. The van der Waals surface area contributed by atoms with Crippen molar-refractivity contribution in [1.29, 1.82) is 0 Å². The topological polar surface area (TPSA) is 58.2 Å². The van der Waals surface area contributed by atoms with Gasteiger partial charge in [-0.1, -0.05) is 52.4 Å². The van der Waals surface area contributed by atoms with Gasteiger partial charge in [0.2, 0.25) is 0 Å². The maximum Gasteiger partial charge on any atom is 0.269 e. The van der Waals surface area contributed by atoms with E-state index in [9.17, 15) is 9.59 Å². The molecule has 0 spiro atoms. The van der Waals surface area contributed by atoms with Crippen molar-refractivity contribution in [2.45, 2.75) is 11.4 Å². The number of alkyl halides is 1. The van der Waals surface area contributed by atoms with E-state index in [1.165, 1.54) is 0 Å². The SMILES string of the molecule is Cc1cccc(C(=O)NNC(=O)c2cccc(CI)c2)c1. The fraction of sp³-hybridized carbons (Fsp3) is 0.125. The number of aryl methyl sites for hydroxylation is 1. The average Bonchev–Trinajstić information content (AvgIpc) is 2.52. The molecule has 0 bridgehead atoms. The van der Waals surface area contributed by atoms with Gasteiger partial charge in [0.25, 0.3) is 11.8 Å². The molecule has 2 aromatic rings. The second-order valence-corrected chi connectivity index (χ2v) is 5.37. The lowest BCUT2D eigenvalue weighted by Gasteiger charge is -2.08. The normalized spacial score (nSPS) is 10.0. The van der Waals surface area contributed by atoms with Crippen LogP contribution in [0.15, 0.2) is 48.5 Å². The van der Waals surface area contributed by atoms with Crippen LogP contribution >= 0.6 is 22.6 Å². The minimum Gasteiger partial charge on any atom is -0.267 e. The van der Waals surface area contributed by atoms with Gasteiger partial charge in [-0.25, -0.2) is 0 Å². The third-order valence-corrected chi connectivity index (χ3v) is 3.79. The Morgan fingerprint density at radius 2 is 1.52 bits per heavy atom. The van der Waals surface area contributed by atoms with Crippen molar-refractivity contribution >= 4 is 34.4 Å². The number of amides is 2. The van der Waals surface area contributed by atoms with E-state index < -0.39 is 0 Å². The minimum atomic E-state index is -0.336. The molecular weight excluding hydrogens is 379 g/mol. The number of carbonyl (C=O) groups excluding carboxylic acids is 2. The van der Waals surface area contributed by atoms with Crippen LogP contribution in [0.2, 0.25) is 0 Å². The molecule has 2 rings (SSSR count). The first-order valence-electron chi connectivity index (χ1n) is 6.42. The summed E-state index contributed by atoms with van der Waals surface area (Å²) >= 11 is 2.23. The van der Waals surface area contributed by atoms with E-state index >= 15 is 0 Å². The van der Waals surface area contributed by atoms with Crippen molar-refractivity contribution in [3.05, 3.63) is 70.8 Å². The van der Waals surface area contributed by atoms with E-state index in [-0.39, 0.29) is 11.8 Å². The van der Waals surface area contributed by atoms with Crippen molar-refractivity contribution in [2.75, 3.05) is 0 Å². The first-order chi connectivity index (χ1) is 10.1. The zero-order valence-electron chi connectivity index (χ0n) is 11.5. The molecule has 0 fully saturated rings. The quantitative estimate of drug-likeness (QED) is 0.478. The predicted molar refractivity (Wildman–Crippen MR) is 90.3 cm³/mol. The summed E-state index contributed by atoms with van der Waals surface area (Å²) in [4.78, 5) is 23.9. The van der Waals surface area contributed by atoms with E-state index in [1.807, 2.05) is 25.1 Å². The van der Waals surface area contributed by atoms with E-state index in [0.29, 0.717) is 11.1 Å². The van der Waals surface area contributed by atoms with E-state index in [0.717, 1.165) is 15.6 Å². The molecule has 0 saturated heterocycles. The van der Waals surface area contributed by atoms with Crippen molar-refractivity contribution in [3.8, 4) is 0 Å². The molecule has 0 saturated carbocycles. The zero-order valence-corrected chi connectivity index (χ0v) is 13.7. The van der Waals surface area contributed by atoms with Gasteiger partial charge in [0.15, 0.2) is 0 Å². The molecule has 0 aromatic heterocycles. The highest BCUT2D eigenvalue weighted by atomic mass is 127. The molecule has 0 aliphatic rings. The highest BCUT2D eigenvalue weighted by Crippen LogP contribution is 2.09. The largest absolute Gasteiger partial charge is 0.269 e. The van der Waals surface area contributed by atoms with Gasteiger partial charge < -0.3 is 0 Å². The molecule has 0 atom stereocenters. The number of carbonyl (C=O) groups is 2. The molecule has 2 amide bonds. The number of nitrogens with one attached hydrogen (secondary N) is 2. The molecule has 5 heteroatoms. The lowest BCUT2D eigenvalue weighted by atomic mass is 10.1. The second kappa shape index (κ2) is 7.21. The molecule has 0 unspecified atom stereocenters. The Labute approximate surface area is 137 Å². The Bertz CT molecular complexity index is 671. The van der Waals surface area contributed by atoms with Gasteiger partial charge >= 0.3 is 0 Å². The Hall–Kier alpha value is -1.89. The molecule has 0 radical (unpaired) electrons. The van der Waals surface area contributed by atoms with E-state index in [2.05, 4.69) is 33.4 Å². The molecule has 21 heavy (non-hydrogen) atoms. The first kappa shape index (κ1) is 15.5. The fourth-order valence-corrected chi connectivity index (χ4v) is 2.31. The van der Waals surface area contributed by atoms with Crippen LogP contribution in [0.25, 0.3) is 0 Å². The lowest BCUT2D eigenvalue weighted by molar-refractivity contribution is 0.0846. The van der Waals surface area contributed by atoms with Crippen LogP contribution in [0, 0.1) is 6.92 Å². The second-order valence-electron chi connectivity index (χ2n) is 4.61. The minimum absolute atomic E-state index is 0.331. The molecule has 0 aliphatic heterocycles. The molecular formula is C16H15IN2O2. The van der Waals surface area contributed by atoms with Crippen LogP contribution in [-0.2, 0) is 4.43 Å².